The average molecular weight is 329 g/mol. The molecule has 1 aromatic rings. The van der Waals surface area contributed by atoms with E-state index in [1.807, 2.05) is 0 Å². The van der Waals surface area contributed by atoms with Crippen LogP contribution in [0.25, 0.3) is 0 Å². The molecule has 4 atom stereocenters. The van der Waals surface area contributed by atoms with Crippen molar-refractivity contribution in [3.63, 3.8) is 0 Å². The summed E-state index contributed by atoms with van der Waals surface area (Å²) in [5.41, 5.74) is 1.37. The van der Waals surface area contributed by atoms with E-state index in [1.54, 1.807) is 0 Å². The first-order chi connectivity index (χ1) is 11.6. The molecule has 2 aliphatic heterocycles. The minimum atomic E-state index is 0.0101. The molecule has 3 heteroatoms. The lowest BCUT2D eigenvalue weighted by Gasteiger charge is -2.44. The second-order valence-electron chi connectivity index (χ2n) is 8.06. The quantitative estimate of drug-likeness (QED) is 0.826. The second kappa shape index (κ2) is 7.69. The summed E-state index contributed by atoms with van der Waals surface area (Å²) in [5.74, 6) is 0.960. The van der Waals surface area contributed by atoms with Crippen molar-refractivity contribution < 1.29 is 4.79 Å². The molecule has 3 nitrogen and oxygen atoms in total. The molecule has 2 saturated heterocycles. The number of amides is 1. The van der Waals surface area contributed by atoms with E-state index in [0.29, 0.717) is 12.0 Å². The molecule has 0 aliphatic carbocycles. The molecule has 0 saturated carbocycles. The first-order valence-electron chi connectivity index (χ1n) is 9.66. The van der Waals surface area contributed by atoms with Crippen LogP contribution in [-0.4, -0.2) is 25.0 Å². The Morgan fingerprint density at radius 1 is 1.08 bits per heavy atom. The fourth-order valence-electron chi connectivity index (χ4n) is 4.52. The summed E-state index contributed by atoms with van der Waals surface area (Å²) in [4.78, 5) is 12.5. The smallest absolute Gasteiger partial charge is 0.222 e. The highest BCUT2D eigenvalue weighted by atomic mass is 16.1. The molecular weight excluding hydrogens is 296 g/mol. The monoisotopic (exact) mass is 328 g/mol. The largest absolute Gasteiger partial charge is 0.355 e. The molecular formula is C21H32N2O. The summed E-state index contributed by atoms with van der Waals surface area (Å²) in [6.07, 6.45) is 7.04. The molecule has 1 aromatic carbocycles. The van der Waals surface area contributed by atoms with Gasteiger partial charge in [0.15, 0.2) is 0 Å². The second-order valence-corrected chi connectivity index (χ2v) is 8.06. The van der Waals surface area contributed by atoms with Crippen LogP contribution in [0, 0.1) is 11.8 Å². The standard InChI is InChI=1S/C21H32N2O/c1-16-8-6-7-11-19-14-18(12-13-22-19)21(2,15-23-20(16)24)17-9-4-3-5-10-17/h3-5,9-10,16,18-19,22H,6-8,11-15H2,1-2H3,(H,23,24). The zero-order valence-corrected chi connectivity index (χ0v) is 15.2. The van der Waals surface area contributed by atoms with Gasteiger partial charge in [-0.25, -0.2) is 0 Å². The Labute approximate surface area is 146 Å². The Hall–Kier alpha value is -1.35. The van der Waals surface area contributed by atoms with Gasteiger partial charge in [-0.3, -0.25) is 4.79 Å². The average Bonchev–Trinajstić information content (AvgIpc) is 2.63. The zero-order chi connectivity index (χ0) is 17.0. The molecule has 2 N–H and O–H groups in total. The molecule has 0 spiro atoms. The van der Waals surface area contributed by atoms with Crippen molar-refractivity contribution in [1.29, 1.82) is 0 Å². The summed E-state index contributed by atoms with van der Waals surface area (Å²) < 4.78 is 0. The Morgan fingerprint density at radius 2 is 1.83 bits per heavy atom. The van der Waals surface area contributed by atoms with E-state index in [4.69, 9.17) is 0 Å². The van der Waals surface area contributed by atoms with E-state index in [2.05, 4.69) is 54.8 Å². The molecule has 132 valence electrons. The first kappa shape index (κ1) is 17.5. The van der Waals surface area contributed by atoms with Crippen molar-refractivity contribution in [3.05, 3.63) is 35.9 Å². The highest BCUT2D eigenvalue weighted by molar-refractivity contribution is 5.78. The molecule has 4 unspecified atom stereocenters. The van der Waals surface area contributed by atoms with Gasteiger partial charge in [0.1, 0.15) is 0 Å². The molecule has 2 bridgehead atoms. The Bertz CT molecular complexity index is 544. The maximum absolute atomic E-state index is 12.5. The van der Waals surface area contributed by atoms with Crippen molar-refractivity contribution in [2.45, 2.75) is 63.8 Å². The van der Waals surface area contributed by atoms with Gasteiger partial charge >= 0.3 is 0 Å². The lowest BCUT2D eigenvalue weighted by atomic mass is 9.66. The first-order valence-corrected chi connectivity index (χ1v) is 9.66. The predicted octanol–water partition coefficient (Wildman–Crippen LogP) is 3.64. The van der Waals surface area contributed by atoms with Gasteiger partial charge < -0.3 is 10.6 Å². The number of nitrogens with one attached hydrogen (secondary N) is 2. The van der Waals surface area contributed by atoms with Gasteiger partial charge in [0.2, 0.25) is 5.91 Å². The molecule has 2 heterocycles. The van der Waals surface area contributed by atoms with E-state index in [-0.39, 0.29) is 17.2 Å². The summed E-state index contributed by atoms with van der Waals surface area (Å²) in [6, 6.07) is 11.4. The number of benzene rings is 1. The number of carbonyl (C=O) groups excluding carboxylic acids is 1. The van der Waals surface area contributed by atoms with Crippen molar-refractivity contribution >= 4 is 5.91 Å². The summed E-state index contributed by atoms with van der Waals surface area (Å²) in [6.45, 7) is 6.27. The Morgan fingerprint density at radius 3 is 2.62 bits per heavy atom. The Kier molecular flexibility index (Phi) is 5.60. The number of rotatable bonds is 1. The summed E-state index contributed by atoms with van der Waals surface area (Å²) in [7, 11) is 0. The molecule has 24 heavy (non-hydrogen) atoms. The van der Waals surface area contributed by atoms with Gasteiger partial charge in [0, 0.05) is 23.9 Å². The Balaban J connectivity index is 1.88. The predicted molar refractivity (Wildman–Crippen MR) is 99.0 cm³/mol. The maximum atomic E-state index is 12.5. The third-order valence-electron chi connectivity index (χ3n) is 6.35. The van der Waals surface area contributed by atoms with Crippen LogP contribution in [0.3, 0.4) is 0 Å². The number of fused-ring (bicyclic) bond motifs is 2. The highest BCUT2D eigenvalue weighted by Crippen LogP contribution is 2.39. The van der Waals surface area contributed by atoms with Gasteiger partial charge in [-0.05, 0) is 43.7 Å². The van der Waals surface area contributed by atoms with E-state index in [9.17, 15) is 4.79 Å². The van der Waals surface area contributed by atoms with Gasteiger partial charge in [-0.2, -0.15) is 0 Å². The van der Waals surface area contributed by atoms with Crippen LogP contribution in [0.4, 0.5) is 0 Å². The number of hydrogen-bond acceptors (Lipinski definition) is 2. The van der Waals surface area contributed by atoms with Crippen LogP contribution in [0.5, 0.6) is 0 Å². The van der Waals surface area contributed by atoms with Crippen molar-refractivity contribution in [2.24, 2.45) is 11.8 Å². The third kappa shape index (κ3) is 3.83. The molecule has 2 fully saturated rings. The number of piperidine rings is 1. The minimum absolute atomic E-state index is 0.0101. The van der Waals surface area contributed by atoms with Gasteiger partial charge in [-0.1, -0.05) is 57.0 Å². The highest BCUT2D eigenvalue weighted by Gasteiger charge is 2.39. The number of carbonyl (C=O) groups is 1. The van der Waals surface area contributed by atoms with Crippen molar-refractivity contribution in [1.82, 2.24) is 10.6 Å². The SMILES string of the molecule is CC1CCCCC2CC(CCN2)C(C)(c2ccccc2)CNC1=O. The lowest BCUT2D eigenvalue weighted by molar-refractivity contribution is -0.125. The molecule has 0 aromatic heterocycles. The topological polar surface area (TPSA) is 41.1 Å². The van der Waals surface area contributed by atoms with Crippen LogP contribution in [0.1, 0.15) is 57.9 Å². The van der Waals surface area contributed by atoms with Crippen LogP contribution in [0.2, 0.25) is 0 Å². The number of hydrogen-bond donors (Lipinski definition) is 2. The third-order valence-corrected chi connectivity index (χ3v) is 6.35. The van der Waals surface area contributed by atoms with E-state index in [0.717, 1.165) is 25.9 Å². The van der Waals surface area contributed by atoms with Crippen LogP contribution >= 0.6 is 0 Å². The molecule has 3 rings (SSSR count). The molecule has 0 radical (unpaired) electrons. The molecule has 2 aliphatic rings. The lowest BCUT2D eigenvalue weighted by Crippen LogP contribution is -2.50. The van der Waals surface area contributed by atoms with Crippen LogP contribution in [-0.2, 0) is 10.2 Å². The normalized spacial score (nSPS) is 35.4. The van der Waals surface area contributed by atoms with E-state index in [1.165, 1.54) is 31.2 Å². The molecule has 1 amide bonds. The van der Waals surface area contributed by atoms with Crippen LogP contribution in [0.15, 0.2) is 30.3 Å². The van der Waals surface area contributed by atoms with Crippen LogP contribution < -0.4 is 10.6 Å². The zero-order valence-electron chi connectivity index (χ0n) is 15.2. The maximum Gasteiger partial charge on any atom is 0.222 e. The van der Waals surface area contributed by atoms with Gasteiger partial charge in [0.05, 0.1) is 0 Å². The fraction of sp³-hybridized carbons (Fsp3) is 0.667. The summed E-state index contributed by atoms with van der Waals surface area (Å²) >= 11 is 0. The van der Waals surface area contributed by atoms with Crippen molar-refractivity contribution in [3.8, 4) is 0 Å². The fourth-order valence-corrected chi connectivity index (χ4v) is 4.52. The summed E-state index contributed by atoms with van der Waals surface area (Å²) in [5, 5.41) is 7.01. The van der Waals surface area contributed by atoms with Gasteiger partial charge in [0.25, 0.3) is 0 Å². The van der Waals surface area contributed by atoms with Gasteiger partial charge in [-0.15, -0.1) is 0 Å². The minimum Gasteiger partial charge on any atom is -0.355 e. The van der Waals surface area contributed by atoms with Crippen molar-refractivity contribution in [2.75, 3.05) is 13.1 Å². The van der Waals surface area contributed by atoms with E-state index < -0.39 is 0 Å². The van der Waals surface area contributed by atoms with E-state index >= 15 is 0 Å².